The number of alkyl carbamates (subject to hydrolysis) is 1. The van der Waals surface area contributed by atoms with Crippen molar-refractivity contribution in [2.75, 3.05) is 36.8 Å². The van der Waals surface area contributed by atoms with Gasteiger partial charge in [-0.3, -0.25) is 9.59 Å². The number of halogens is 3. The molecule has 6 heterocycles. The number of benzene rings is 2. The number of fused-ring (bicyclic) bond motifs is 4. The number of aryl methyl sites for hydroxylation is 2. The Morgan fingerprint density at radius 1 is 0.706 bits per heavy atom. The van der Waals surface area contributed by atoms with Gasteiger partial charge < -0.3 is 52.1 Å². The Balaban J connectivity index is 0.000000200. The first-order valence-corrected chi connectivity index (χ1v) is 21.8. The van der Waals surface area contributed by atoms with Crippen LogP contribution in [0.5, 0.6) is 0 Å². The summed E-state index contributed by atoms with van der Waals surface area (Å²) in [6.07, 6.45) is -3.98. The van der Waals surface area contributed by atoms with Crippen LogP contribution in [0.3, 0.4) is 0 Å². The number of aliphatic carboxylic acids is 1. The average molecular weight is 943 g/mol. The minimum absolute atomic E-state index is 0.0343. The Labute approximate surface area is 390 Å². The number of nitrogens with two attached hydrogens (primary N) is 1. The zero-order chi connectivity index (χ0) is 49.9. The monoisotopic (exact) mass is 942 g/mol. The molecule has 0 atom stereocenters. The maximum absolute atomic E-state index is 12.2. The molecule has 2 aliphatic rings. The van der Waals surface area contributed by atoms with Crippen LogP contribution in [-0.2, 0) is 22.4 Å². The molecule has 2 aliphatic heterocycles. The summed E-state index contributed by atoms with van der Waals surface area (Å²) in [5.74, 6) is -1.50. The van der Waals surface area contributed by atoms with Gasteiger partial charge >= 0.3 is 18.2 Å². The van der Waals surface area contributed by atoms with E-state index in [1.807, 2.05) is 111 Å². The fourth-order valence-electron chi connectivity index (χ4n) is 7.22. The van der Waals surface area contributed by atoms with Crippen molar-refractivity contribution in [1.29, 1.82) is 0 Å². The van der Waals surface area contributed by atoms with Crippen molar-refractivity contribution in [2.24, 2.45) is 5.73 Å². The van der Waals surface area contributed by atoms with Gasteiger partial charge in [-0.25, -0.2) is 29.5 Å². The number of carboxylic acid groups (broad SMARTS) is 1. The minimum atomic E-state index is -5.08. The number of ether oxygens (including phenoxy) is 1. The number of carbonyl (C=O) groups is 4. The molecular weight excluding hydrogens is 886 g/mol. The highest BCUT2D eigenvalue weighted by atomic mass is 19.4. The molecule has 0 spiro atoms. The molecule has 0 saturated carbocycles. The van der Waals surface area contributed by atoms with Crippen LogP contribution in [0.1, 0.15) is 92.0 Å². The summed E-state index contributed by atoms with van der Waals surface area (Å²) in [4.78, 5) is 71.3. The molecule has 0 unspecified atom stereocenters. The van der Waals surface area contributed by atoms with Crippen molar-refractivity contribution in [3.8, 4) is 22.5 Å². The highest BCUT2D eigenvalue weighted by Crippen LogP contribution is 2.33. The molecular formula is C47H57F3N12O6. The molecule has 18 nitrogen and oxygen atoms in total. The molecule has 8 rings (SSSR count). The lowest BCUT2D eigenvalue weighted by Crippen LogP contribution is -2.45. The number of aromatic nitrogens is 6. The van der Waals surface area contributed by atoms with Gasteiger partial charge in [-0.15, -0.1) is 0 Å². The number of anilines is 2. The normalized spacial score (nSPS) is 13.7. The fraction of sp³-hybridized carbons (Fsp3) is 0.404. The van der Waals surface area contributed by atoms with E-state index >= 15 is 0 Å². The van der Waals surface area contributed by atoms with Crippen LogP contribution in [0, 0.1) is 13.8 Å². The second-order valence-corrected chi connectivity index (χ2v) is 18.7. The number of carboxylic acids is 1. The lowest BCUT2D eigenvalue weighted by atomic mass is 10.1. The molecule has 3 amide bonds. The Hall–Kier alpha value is -7.29. The van der Waals surface area contributed by atoms with Crippen molar-refractivity contribution < 1.29 is 42.2 Å². The summed E-state index contributed by atoms with van der Waals surface area (Å²) in [7, 11) is 0. The van der Waals surface area contributed by atoms with Crippen LogP contribution in [-0.4, -0.2) is 108 Å². The van der Waals surface area contributed by atoms with Gasteiger partial charge in [-0.2, -0.15) is 13.2 Å². The van der Waals surface area contributed by atoms with Crippen LogP contribution < -0.4 is 32.3 Å². The first-order chi connectivity index (χ1) is 31.7. The number of alkyl halides is 3. The van der Waals surface area contributed by atoms with E-state index in [1.54, 1.807) is 0 Å². The van der Waals surface area contributed by atoms with Crippen LogP contribution in [0.25, 0.3) is 44.6 Å². The number of amides is 3. The van der Waals surface area contributed by atoms with Crippen molar-refractivity contribution in [3.05, 3.63) is 82.4 Å². The van der Waals surface area contributed by atoms with E-state index in [9.17, 15) is 27.6 Å². The number of nitrogens with one attached hydrogen (secondary N) is 7. The molecule has 6 aromatic rings. The lowest BCUT2D eigenvalue weighted by Gasteiger charge is -2.29. The summed E-state index contributed by atoms with van der Waals surface area (Å²) >= 11 is 0. The Kier molecular flexibility index (Phi) is 14.4. The quantitative estimate of drug-likeness (QED) is 0.0712. The molecule has 21 heteroatoms. The van der Waals surface area contributed by atoms with E-state index in [2.05, 4.69) is 36.6 Å². The van der Waals surface area contributed by atoms with E-state index in [-0.39, 0.29) is 17.4 Å². The van der Waals surface area contributed by atoms with Crippen LogP contribution in [0.2, 0.25) is 0 Å². The third-order valence-corrected chi connectivity index (χ3v) is 10.7. The number of aromatic amines is 2. The fourth-order valence-corrected chi connectivity index (χ4v) is 7.22. The number of nitrogens with zero attached hydrogens (tertiary/aromatic N) is 4. The Bertz CT molecular complexity index is 2880. The van der Waals surface area contributed by atoms with Gasteiger partial charge in [0.2, 0.25) is 0 Å². The van der Waals surface area contributed by atoms with Crippen molar-refractivity contribution >= 4 is 57.6 Å². The highest BCUT2D eigenvalue weighted by molar-refractivity contribution is 6.01. The SMILES string of the molecule is Cc1nc2cccc(-c3cc4c([nH]3)CCNC4=O)c2nc1NC(C)(C)CN.Cc1nc2cccc(-c3cc4c([nH]3)CCNC4=O)c2nc1NC(C)(C)CNC(=O)OC(C)(C)C.O=C(O)C(F)(F)F. The first kappa shape index (κ1) is 50.1. The minimum Gasteiger partial charge on any atom is -0.475 e. The van der Waals surface area contributed by atoms with Gasteiger partial charge in [0.1, 0.15) is 28.3 Å². The van der Waals surface area contributed by atoms with Crippen molar-refractivity contribution in [3.63, 3.8) is 0 Å². The van der Waals surface area contributed by atoms with Gasteiger partial charge in [-0.05, 0) is 86.6 Å². The summed E-state index contributed by atoms with van der Waals surface area (Å²) in [6.45, 7) is 19.4. The van der Waals surface area contributed by atoms with Gasteiger partial charge in [0.05, 0.1) is 39.1 Å². The number of H-pyrrole nitrogens is 2. The molecule has 2 aromatic carbocycles. The van der Waals surface area contributed by atoms with E-state index in [1.165, 1.54) is 0 Å². The number of hydrogen-bond donors (Lipinski definition) is 9. The predicted octanol–water partition coefficient (Wildman–Crippen LogP) is 6.94. The number of para-hydroxylation sites is 2. The van der Waals surface area contributed by atoms with E-state index in [0.29, 0.717) is 43.1 Å². The molecule has 10 N–H and O–H groups in total. The summed E-state index contributed by atoms with van der Waals surface area (Å²) < 4.78 is 37.1. The smallest absolute Gasteiger partial charge is 0.475 e. The third kappa shape index (κ3) is 12.2. The Morgan fingerprint density at radius 3 is 1.51 bits per heavy atom. The van der Waals surface area contributed by atoms with E-state index in [4.69, 9.17) is 40.3 Å². The molecule has 0 radical (unpaired) electrons. The summed E-state index contributed by atoms with van der Waals surface area (Å²) in [5.41, 5.74) is 16.0. The number of rotatable bonds is 9. The summed E-state index contributed by atoms with van der Waals surface area (Å²) in [6, 6.07) is 15.5. The lowest BCUT2D eigenvalue weighted by molar-refractivity contribution is -0.192. The molecule has 362 valence electrons. The zero-order valence-electron chi connectivity index (χ0n) is 39.3. The van der Waals surface area contributed by atoms with E-state index in [0.717, 1.165) is 86.0 Å². The van der Waals surface area contributed by atoms with Crippen molar-refractivity contribution in [1.82, 2.24) is 45.9 Å². The van der Waals surface area contributed by atoms with Crippen LogP contribution in [0.4, 0.5) is 29.6 Å². The average Bonchev–Trinajstić information content (AvgIpc) is 3.89. The van der Waals surface area contributed by atoms with E-state index < -0.39 is 29.4 Å². The highest BCUT2D eigenvalue weighted by Gasteiger charge is 2.38. The second-order valence-electron chi connectivity index (χ2n) is 18.7. The standard InChI is InChI=1S/C25H32N6O3.C20H24N6O.C2HF3O2/c1-14-21(31-25(5,6)13-27-23(33)34-24(2,3)4)30-20-15(8-7-9-18(20)28-14)19-12-16-17(29-19)10-11-26-22(16)32;1-11-18(26-20(2,3)10-21)25-17-12(5-4-6-15(17)23-11)16-9-13-14(24-16)7-8-22-19(13)27;3-2(4,5)1(6)7/h7-9,12,29H,10-11,13H2,1-6H3,(H,26,32)(H,27,33)(H,30,31);4-6,9,24H,7-8,10,21H2,1-3H3,(H,22,27)(H,25,26);(H,6,7). The largest absolute Gasteiger partial charge is 0.490 e. The third-order valence-electron chi connectivity index (χ3n) is 10.7. The maximum Gasteiger partial charge on any atom is 0.490 e. The van der Waals surface area contributed by atoms with Gasteiger partial charge in [0.15, 0.2) is 0 Å². The van der Waals surface area contributed by atoms with Crippen LogP contribution in [0.15, 0.2) is 48.5 Å². The van der Waals surface area contributed by atoms with Gasteiger partial charge in [0, 0.05) is 78.5 Å². The molecule has 0 saturated heterocycles. The molecule has 0 aliphatic carbocycles. The topological polar surface area (TPSA) is 267 Å². The number of hydrogen-bond acceptors (Lipinski definition) is 12. The zero-order valence-corrected chi connectivity index (χ0v) is 39.3. The maximum atomic E-state index is 12.2. The van der Waals surface area contributed by atoms with Gasteiger partial charge in [0.25, 0.3) is 11.8 Å². The second kappa shape index (κ2) is 19.5. The molecule has 4 aromatic heterocycles. The summed E-state index contributed by atoms with van der Waals surface area (Å²) in [5, 5.41) is 22.5. The number of carbonyl (C=O) groups excluding carboxylic acids is 3. The Morgan fingerprint density at radius 2 is 1.13 bits per heavy atom. The first-order valence-electron chi connectivity index (χ1n) is 21.8. The predicted molar refractivity (Wildman–Crippen MR) is 253 cm³/mol. The molecule has 68 heavy (non-hydrogen) atoms. The van der Waals surface area contributed by atoms with Crippen LogP contribution >= 0.6 is 0 Å². The molecule has 0 fully saturated rings. The molecule has 0 bridgehead atoms. The van der Waals surface area contributed by atoms with Crippen molar-refractivity contribution in [2.45, 2.75) is 98.0 Å². The van der Waals surface area contributed by atoms with Gasteiger partial charge in [-0.1, -0.05) is 24.3 Å².